The Labute approximate surface area is 170 Å². The number of ether oxygens (including phenoxy) is 1. The number of carbonyl (C=O) groups is 1. The Balaban J connectivity index is 0.00000312. The van der Waals surface area contributed by atoms with Crippen molar-refractivity contribution in [1.82, 2.24) is 16.0 Å². The number of nitrogens with zero attached hydrogens (tertiary/aromatic N) is 2. The van der Waals surface area contributed by atoms with Gasteiger partial charge in [0.25, 0.3) is 0 Å². The summed E-state index contributed by atoms with van der Waals surface area (Å²) in [6.07, 6.45) is 2.11. The molecule has 1 aromatic heterocycles. The summed E-state index contributed by atoms with van der Waals surface area (Å²) in [5.41, 5.74) is 0. The number of hydrogen-bond donors (Lipinski definition) is 3. The Morgan fingerprint density at radius 2 is 2.16 bits per heavy atom. The number of halogens is 1. The van der Waals surface area contributed by atoms with E-state index in [1.165, 1.54) is 5.00 Å². The number of nitrogens with one attached hydrogen (secondary N) is 3. The van der Waals surface area contributed by atoms with E-state index >= 15 is 0 Å². The zero-order valence-electron chi connectivity index (χ0n) is 14.8. The second kappa shape index (κ2) is 12.3. The van der Waals surface area contributed by atoms with Gasteiger partial charge in [-0.2, -0.15) is 0 Å². The molecule has 1 fully saturated rings. The van der Waals surface area contributed by atoms with E-state index in [1.807, 2.05) is 0 Å². The first-order chi connectivity index (χ1) is 11.7. The zero-order chi connectivity index (χ0) is 17.2. The molecule has 2 rings (SSSR count). The fraction of sp³-hybridized carbons (Fsp3) is 0.625. The highest BCUT2D eigenvalue weighted by atomic mass is 127. The molecule has 1 aliphatic rings. The Morgan fingerprint density at radius 3 is 2.76 bits per heavy atom. The minimum absolute atomic E-state index is 0. The molecule has 1 aromatic rings. The van der Waals surface area contributed by atoms with Gasteiger partial charge in [0, 0.05) is 39.8 Å². The summed E-state index contributed by atoms with van der Waals surface area (Å²) in [5, 5.41) is 12.7. The van der Waals surface area contributed by atoms with Crippen LogP contribution in [0.15, 0.2) is 22.5 Å². The molecule has 25 heavy (non-hydrogen) atoms. The van der Waals surface area contributed by atoms with Gasteiger partial charge in [0.05, 0.1) is 18.2 Å². The van der Waals surface area contributed by atoms with Crippen LogP contribution in [0.4, 0.5) is 5.00 Å². The topological polar surface area (TPSA) is 78.0 Å². The number of anilines is 1. The summed E-state index contributed by atoms with van der Waals surface area (Å²) in [4.78, 5) is 18.3. The minimum Gasteiger partial charge on any atom is -0.383 e. The largest absolute Gasteiger partial charge is 0.383 e. The van der Waals surface area contributed by atoms with Crippen molar-refractivity contribution in [3.05, 3.63) is 17.5 Å². The van der Waals surface area contributed by atoms with E-state index in [-0.39, 0.29) is 36.4 Å². The molecular weight excluding hydrogens is 453 g/mol. The Bertz CT molecular complexity index is 519. The number of thiophene rings is 1. The van der Waals surface area contributed by atoms with Gasteiger partial charge in [0.15, 0.2) is 5.96 Å². The average molecular weight is 481 g/mol. The third-order valence-corrected chi connectivity index (χ3v) is 4.85. The predicted molar refractivity (Wildman–Crippen MR) is 114 cm³/mol. The van der Waals surface area contributed by atoms with Gasteiger partial charge in [-0.25, -0.2) is 0 Å². The first-order valence-corrected chi connectivity index (χ1v) is 9.12. The molecule has 1 saturated heterocycles. The van der Waals surface area contributed by atoms with Gasteiger partial charge in [-0.3, -0.25) is 9.79 Å². The van der Waals surface area contributed by atoms with Crippen molar-refractivity contribution >= 4 is 52.2 Å². The second-order valence-corrected chi connectivity index (χ2v) is 6.55. The van der Waals surface area contributed by atoms with Crippen molar-refractivity contribution in [2.24, 2.45) is 4.99 Å². The number of carbonyl (C=O) groups excluding carboxylic acids is 1. The summed E-state index contributed by atoms with van der Waals surface area (Å²) >= 11 is 1.78. The molecular formula is C16H28IN5O2S. The van der Waals surface area contributed by atoms with Crippen LogP contribution in [0.5, 0.6) is 0 Å². The molecule has 1 aliphatic heterocycles. The molecule has 0 radical (unpaired) electrons. The normalized spacial score (nSPS) is 15.4. The van der Waals surface area contributed by atoms with E-state index in [1.54, 1.807) is 25.5 Å². The second-order valence-electron chi connectivity index (χ2n) is 5.63. The molecule has 2 heterocycles. The fourth-order valence-electron chi connectivity index (χ4n) is 2.60. The van der Waals surface area contributed by atoms with Crippen LogP contribution >= 0.6 is 35.3 Å². The van der Waals surface area contributed by atoms with Crippen LogP contribution < -0.4 is 20.9 Å². The van der Waals surface area contributed by atoms with Crippen LogP contribution in [-0.4, -0.2) is 64.9 Å². The van der Waals surface area contributed by atoms with E-state index in [9.17, 15) is 4.79 Å². The lowest BCUT2D eigenvalue weighted by Gasteiger charge is -2.33. The smallest absolute Gasteiger partial charge is 0.239 e. The third kappa shape index (κ3) is 7.78. The molecule has 0 aliphatic carbocycles. The summed E-state index contributed by atoms with van der Waals surface area (Å²) < 4.78 is 4.90. The Morgan fingerprint density at radius 1 is 1.40 bits per heavy atom. The average Bonchev–Trinajstić information content (AvgIpc) is 3.14. The minimum atomic E-state index is -0.0671. The van der Waals surface area contributed by atoms with Crippen LogP contribution in [-0.2, 0) is 9.53 Å². The number of guanidine groups is 1. The molecule has 3 N–H and O–H groups in total. The zero-order valence-corrected chi connectivity index (χ0v) is 17.9. The fourth-order valence-corrected chi connectivity index (χ4v) is 3.39. The van der Waals surface area contributed by atoms with Gasteiger partial charge >= 0.3 is 0 Å². The van der Waals surface area contributed by atoms with Crippen molar-refractivity contribution < 1.29 is 9.53 Å². The first kappa shape index (κ1) is 22.0. The molecule has 0 spiro atoms. The lowest BCUT2D eigenvalue weighted by atomic mass is 10.1. The van der Waals surface area contributed by atoms with E-state index in [0.717, 1.165) is 25.9 Å². The summed E-state index contributed by atoms with van der Waals surface area (Å²) in [6, 6.07) is 4.64. The van der Waals surface area contributed by atoms with Crippen LogP contribution in [0.1, 0.15) is 12.8 Å². The number of hydrogen-bond acceptors (Lipinski definition) is 5. The number of rotatable bonds is 7. The van der Waals surface area contributed by atoms with Gasteiger partial charge in [-0.05, 0) is 30.4 Å². The van der Waals surface area contributed by atoms with E-state index < -0.39 is 0 Å². The van der Waals surface area contributed by atoms with Crippen molar-refractivity contribution in [3.63, 3.8) is 0 Å². The lowest BCUT2D eigenvalue weighted by Crippen LogP contribution is -2.50. The maximum Gasteiger partial charge on any atom is 0.239 e. The highest BCUT2D eigenvalue weighted by molar-refractivity contribution is 14.0. The lowest BCUT2D eigenvalue weighted by molar-refractivity contribution is -0.120. The molecule has 9 heteroatoms. The monoisotopic (exact) mass is 481 g/mol. The number of aliphatic imine (C=N–C) groups is 1. The van der Waals surface area contributed by atoms with Crippen molar-refractivity contribution in [2.45, 2.75) is 18.9 Å². The van der Waals surface area contributed by atoms with E-state index in [4.69, 9.17) is 4.74 Å². The molecule has 0 atom stereocenters. The molecule has 142 valence electrons. The molecule has 0 bridgehead atoms. The quantitative estimate of drug-likeness (QED) is 0.237. The number of methoxy groups -OCH3 is 1. The summed E-state index contributed by atoms with van der Waals surface area (Å²) in [5.74, 6) is 0.606. The summed E-state index contributed by atoms with van der Waals surface area (Å²) in [7, 11) is 3.33. The Kier molecular flexibility index (Phi) is 10.8. The van der Waals surface area contributed by atoms with Gasteiger partial charge in [-0.1, -0.05) is 0 Å². The van der Waals surface area contributed by atoms with Crippen molar-refractivity contribution in [2.75, 3.05) is 51.8 Å². The maximum absolute atomic E-state index is 11.7. The van der Waals surface area contributed by atoms with Crippen LogP contribution in [0.2, 0.25) is 0 Å². The van der Waals surface area contributed by atoms with Crippen LogP contribution in [0.25, 0.3) is 0 Å². The van der Waals surface area contributed by atoms with Crippen LogP contribution in [0, 0.1) is 0 Å². The van der Waals surface area contributed by atoms with Gasteiger partial charge < -0.3 is 25.6 Å². The molecule has 7 nitrogen and oxygen atoms in total. The van der Waals surface area contributed by atoms with Crippen molar-refractivity contribution in [1.29, 1.82) is 0 Å². The number of amides is 1. The highest BCUT2D eigenvalue weighted by Crippen LogP contribution is 2.24. The molecule has 0 unspecified atom stereocenters. The number of piperidine rings is 1. The predicted octanol–water partition coefficient (Wildman–Crippen LogP) is 1.26. The van der Waals surface area contributed by atoms with Gasteiger partial charge in [0.2, 0.25) is 5.91 Å². The van der Waals surface area contributed by atoms with E-state index in [2.05, 4.69) is 43.4 Å². The van der Waals surface area contributed by atoms with Crippen LogP contribution in [0.3, 0.4) is 0 Å². The molecule has 0 saturated carbocycles. The van der Waals surface area contributed by atoms with Gasteiger partial charge in [-0.15, -0.1) is 35.3 Å². The molecule has 0 aromatic carbocycles. The van der Waals surface area contributed by atoms with E-state index in [0.29, 0.717) is 25.2 Å². The summed E-state index contributed by atoms with van der Waals surface area (Å²) in [6.45, 7) is 3.31. The highest BCUT2D eigenvalue weighted by Gasteiger charge is 2.20. The maximum atomic E-state index is 11.7. The standard InChI is InChI=1S/C16H27N5O2S.HI/c1-17-16(19-12-14(22)18-7-10-23-2)20-13-5-8-21(9-6-13)15-4-3-11-24-15;/h3-4,11,13H,5-10,12H2,1-2H3,(H,18,22)(H2,17,19,20);1H. The Hall–Kier alpha value is -1.07. The third-order valence-electron chi connectivity index (χ3n) is 3.92. The SMILES string of the molecule is CN=C(NCC(=O)NCCOC)NC1CCN(c2cccs2)CC1.I. The van der Waals surface area contributed by atoms with Crippen molar-refractivity contribution in [3.8, 4) is 0 Å². The first-order valence-electron chi connectivity index (χ1n) is 8.24. The van der Waals surface area contributed by atoms with Gasteiger partial charge in [0.1, 0.15) is 0 Å². The molecule has 1 amide bonds.